The monoisotopic (exact) mass is 292 g/mol. The molecule has 1 nitrogen and oxygen atoms in total. The number of unbranched alkanes of at least 4 members (excludes halogenated alkanes) is 5. The molecule has 0 unspecified atom stereocenters. The van der Waals surface area contributed by atoms with Crippen molar-refractivity contribution in [3.05, 3.63) is 12.2 Å². The van der Waals surface area contributed by atoms with Crippen LogP contribution in [0.15, 0.2) is 12.2 Å². The molecule has 4 atom stereocenters. The minimum atomic E-state index is 0.355. The third-order valence-electron chi connectivity index (χ3n) is 5.56. The second-order valence-electron chi connectivity index (χ2n) is 7.52. The van der Waals surface area contributed by atoms with Crippen LogP contribution in [0.2, 0.25) is 0 Å². The molecule has 1 N–H and O–H groups in total. The van der Waals surface area contributed by atoms with Gasteiger partial charge in [-0.1, -0.05) is 51.2 Å². The lowest BCUT2D eigenvalue weighted by Gasteiger charge is -2.00. The van der Waals surface area contributed by atoms with Crippen molar-refractivity contribution in [1.82, 2.24) is 0 Å². The maximum absolute atomic E-state index is 8.72. The van der Waals surface area contributed by atoms with Crippen LogP contribution < -0.4 is 0 Å². The van der Waals surface area contributed by atoms with E-state index in [9.17, 15) is 0 Å². The van der Waals surface area contributed by atoms with Crippen LogP contribution in [0.25, 0.3) is 0 Å². The van der Waals surface area contributed by atoms with Crippen LogP contribution in [-0.4, -0.2) is 11.7 Å². The number of hydrogen-bond acceptors (Lipinski definition) is 1. The predicted octanol–water partition coefficient (Wildman–Crippen LogP) is 5.73. The van der Waals surface area contributed by atoms with E-state index in [4.69, 9.17) is 5.11 Å². The molecule has 122 valence electrons. The fraction of sp³-hybridized carbons (Fsp3) is 0.900. The molecule has 2 aliphatic carbocycles. The van der Waals surface area contributed by atoms with Crippen molar-refractivity contribution < 1.29 is 5.11 Å². The number of rotatable bonds is 13. The molecule has 0 spiro atoms. The first-order chi connectivity index (χ1) is 10.3. The van der Waals surface area contributed by atoms with Crippen molar-refractivity contribution in [2.75, 3.05) is 6.61 Å². The zero-order valence-corrected chi connectivity index (χ0v) is 14.1. The summed E-state index contributed by atoms with van der Waals surface area (Å²) in [5.41, 5.74) is 0. The summed E-state index contributed by atoms with van der Waals surface area (Å²) in [4.78, 5) is 0. The summed E-state index contributed by atoms with van der Waals surface area (Å²) in [6.07, 6.45) is 21.1. The molecule has 0 aromatic heterocycles. The van der Waals surface area contributed by atoms with Gasteiger partial charge in [-0.15, -0.1) is 0 Å². The van der Waals surface area contributed by atoms with Crippen molar-refractivity contribution in [1.29, 1.82) is 0 Å². The summed E-state index contributed by atoms with van der Waals surface area (Å²) in [5.74, 6) is 4.32. The van der Waals surface area contributed by atoms with Gasteiger partial charge in [0.2, 0.25) is 0 Å². The Morgan fingerprint density at radius 3 is 2.48 bits per heavy atom. The Hall–Kier alpha value is -0.300. The number of allylic oxidation sites excluding steroid dienone is 2. The maximum atomic E-state index is 8.72. The van der Waals surface area contributed by atoms with Crippen molar-refractivity contribution in [3.63, 3.8) is 0 Å². The minimum Gasteiger partial charge on any atom is -0.396 e. The molecule has 0 aliphatic heterocycles. The molecule has 1 heteroatoms. The molecular formula is C20H36O. The molecule has 0 aromatic carbocycles. The van der Waals surface area contributed by atoms with Gasteiger partial charge < -0.3 is 5.11 Å². The SMILES string of the molecule is CCCCC[C@H]1C[C@H]1C[C@H]1C[C@H]1C/C=C\CCCCCO. The summed E-state index contributed by atoms with van der Waals surface area (Å²) in [5, 5.41) is 8.72. The van der Waals surface area contributed by atoms with Crippen LogP contribution in [0.3, 0.4) is 0 Å². The van der Waals surface area contributed by atoms with Crippen molar-refractivity contribution >= 4 is 0 Å². The normalized spacial score (nSPS) is 31.0. The van der Waals surface area contributed by atoms with Crippen LogP contribution in [0.4, 0.5) is 0 Å². The van der Waals surface area contributed by atoms with Gasteiger partial charge in [-0.3, -0.25) is 0 Å². The van der Waals surface area contributed by atoms with Crippen molar-refractivity contribution in [3.8, 4) is 0 Å². The molecule has 2 fully saturated rings. The predicted molar refractivity (Wildman–Crippen MR) is 91.3 cm³/mol. The van der Waals surface area contributed by atoms with Crippen LogP contribution in [0.5, 0.6) is 0 Å². The first-order valence-electron chi connectivity index (χ1n) is 9.61. The van der Waals surface area contributed by atoms with E-state index in [2.05, 4.69) is 19.1 Å². The minimum absolute atomic E-state index is 0.355. The molecular weight excluding hydrogens is 256 g/mol. The molecule has 0 aromatic rings. The van der Waals surface area contributed by atoms with Crippen molar-refractivity contribution in [2.45, 2.75) is 84.0 Å². The highest BCUT2D eigenvalue weighted by Crippen LogP contribution is 2.54. The second-order valence-corrected chi connectivity index (χ2v) is 7.52. The first kappa shape index (κ1) is 17.1. The highest BCUT2D eigenvalue weighted by molar-refractivity contribution is 4.98. The van der Waals surface area contributed by atoms with Crippen LogP contribution >= 0.6 is 0 Å². The van der Waals surface area contributed by atoms with E-state index in [1.54, 1.807) is 12.8 Å². The third kappa shape index (κ3) is 7.00. The van der Waals surface area contributed by atoms with E-state index < -0.39 is 0 Å². The van der Waals surface area contributed by atoms with Gasteiger partial charge in [-0.2, -0.15) is 0 Å². The van der Waals surface area contributed by atoms with Gasteiger partial charge in [0.1, 0.15) is 0 Å². The molecule has 2 rings (SSSR count). The van der Waals surface area contributed by atoms with Crippen LogP contribution in [0.1, 0.15) is 84.0 Å². The first-order valence-corrected chi connectivity index (χ1v) is 9.61. The Labute approximate surface area is 132 Å². The van der Waals surface area contributed by atoms with E-state index >= 15 is 0 Å². The molecule has 0 saturated heterocycles. The Kier molecular flexibility index (Phi) is 7.85. The maximum Gasteiger partial charge on any atom is 0.0431 e. The van der Waals surface area contributed by atoms with Gasteiger partial charge in [-0.05, 0) is 68.6 Å². The zero-order chi connectivity index (χ0) is 14.9. The summed E-state index contributed by atoms with van der Waals surface area (Å²) < 4.78 is 0. The fourth-order valence-electron chi connectivity index (χ4n) is 3.83. The molecule has 0 bridgehead atoms. The molecule has 2 aliphatic rings. The second kappa shape index (κ2) is 9.66. The zero-order valence-electron chi connectivity index (χ0n) is 14.1. The summed E-state index contributed by atoms with van der Waals surface area (Å²) in [6, 6.07) is 0. The topological polar surface area (TPSA) is 20.2 Å². The lowest BCUT2D eigenvalue weighted by Crippen LogP contribution is -1.88. The largest absolute Gasteiger partial charge is 0.396 e. The average molecular weight is 293 g/mol. The average Bonchev–Trinajstić information content (AvgIpc) is 3.39. The molecule has 0 amide bonds. The molecule has 2 saturated carbocycles. The van der Waals surface area contributed by atoms with E-state index in [0.717, 1.165) is 30.1 Å². The lowest BCUT2D eigenvalue weighted by molar-refractivity contribution is 0.283. The summed E-state index contributed by atoms with van der Waals surface area (Å²) >= 11 is 0. The van der Waals surface area contributed by atoms with Crippen molar-refractivity contribution in [2.24, 2.45) is 23.7 Å². The van der Waals surface area contributed by atoms with Gasteiger partial charge in [0.05, 0.1) is 0 Å². The van der Waals surface area contributed by atoms with E-state index in [-0.39, 0.29) is 0 Å². The Bertz CT molecular complexity index is 296. The van der Waals surface area contributed by atoms with Crippen LogP contribution in [0, 0.1) is 23.7 Å². The van der Waals surface area contributed by atoms with E-state index in [1.807, 2.05) is 0 Å². The summed E-state index contributed by atoms with van der Waals surface area (Å²) in [6.45, 7) is 2.66. The van der Waals surface area contributed by atoms with E-state index in [1.165, 1.54) is 57.8 Å². The van der Waals surface area contributed by atoms with Gasteiger partial charge in [-0.25, -0.2) is 0 Å². The smallest absolute Gasteiger partial charge is 0.0431 e. The van der Waals surface area contributed by atoms with Gasteiger partial charge in [0.15, 0.2) is 0 Å². The number of hydrogen-bond donors (Lipinski definition) is 1. The molecule has 0 radical (unpaired) electrons. The van der Waals surface area contributed by atoms with Crippen LogP contribution in [-0.2, 0) is 0 Å². The van der Waals surface area contributed by atoms with E-state index in [0.29, 0.717) is 6.61 Å². The van der Waals surface area contributed by atoms with Gasteiger partial charge in [0, 0.05) is 6.61 Å². The highest BCUT2D eigenvalue weighted by Gasteiger charge is 2.44. The Balaban J connectivity index is 1.41. The Morgan fingerprint density at radius 1 is 0.857 bits per heavy atom. The number of aliphatic hydroxyl groups excluding tert-OH is 1. The number of aliphatic hydroxyl groups is 1. The standard InChI is InChI=1S/C20H36O/c1-2-3-8-11-17-14-19(17)16-20-15-18(20)12-9-6-4-5-7-10-13-21/h6,9,17-21H,2-5,7-8,10-16H2,1H3/b9-6-/t17-,18+,19-,20+/m0/s1. The molecule has 0 heterocycles. The Morgan fingerprint density at radius 2 is 1.67 bits per heavy atom. The summed E-state index contributed by atoms with van der Waals surface area (Å²) in [7, 11) is 0. The molecule has 21 heavy (non-hydrogen) atoms. The fourth-order valence-corrected chi connectivity index (χ4v) is 3.83. The van der Waals surface area contributed by atoms with Gasteiger partial charge in [0.25, 0.3) is 0 Å². The highest BCUT2D eigenvalue weighted by atomic mass is 16.2. The third-order valence-corrected chi connectivity index (χ3v) is 5.56. The quantitative estimate of drug-likeness (QED) is 0.339. The lowest BCUT2D eigenvalue weighted by atomic mass is 10.1. The van der Waals surface area contributed by atoms with Gasteiger partial charge >= 0.3 is 0 Å².